The fraction of sp³-hybridized carbons (Fsp3) is 0.462. The van der Waals surface area contributed by atoms with Crippen molar-refractivity contribution >= 4 is 17.8 Å². The maximum atomic E-state index is 10.8. The van der Waals surface area contributed by atoms with Gasteiger partial charge in [0.25, 0.3) is 0 Å². The topological polar surface area (TPSA) is 23.6 Å². The van der Waals surface area contributed by atoms with Crippen LogP contribution >= 0.6 is 0 Å². The van der Waals surface area contributed by atoms with Crippen LogP contribution in [0, 0.1) is 0 Å². The molecule has 2 rings (SSSR count). The van der Waals surface area contributed by atoms with E-state index in [-0.39, 0.29) is 0 Å². The molecule has 0 bridgehead atoms. The first-order valence-electron chi connectivity index (χ1n) is 5.74. The Kier molecular flexibility index (Phi) is 4.35. The maximum Gasteiger partial charge on any atom is 0.214 e. The van der Waals surface area contributed by atoms with E-state index in [9.17, 15) is 4.79 Å². The second-order valence-electron chi connectivity index (χ2n) is 3.76. The Bertz CT molecular complexity index is 361. The predicted octanol–water partition coefficient (Wildman–Crippen LogP) is 2.30. The third kappa shape index (κ3) is 2.35. The van der Waals surface area contributed by atoms with Crippen molar-refractivity contribution in [2.75, 3.05) is 30.4 Å². The molecule has 0 saturated carbocycles. The van der Waals surface area contributed by atoms with Crippen molar-refractivity contribution in [3.8, 4) is 0 Å². The van der Waals surface area contributed by atoms with E-state index in [4.69, 9.17) is 0 Å². The lowest BCUT2D eigenvalue weighted by molar-refractivity contribution is -0.107. The van der Waals surface area contributed by atoms with Gasteiger partial charge < -0.3 is 9.80 Å². The monoisotopic (exact) mass is 220 g/mol. The molecule has 1 heterocycles. The fourth-order valence-corrected chi connectivity index (χ4v) is 1.78. The van der Waals surface area contributed by atoms with Gasteiger partial charge in [0.2, 0.25) is 6.41 Å². The Labute approximate surface area is 97.7 Å². The van der Waals surface area contributed by atoms with E-state index < -0.39 is 0 Å². The maximum absolute atomic E-state index is 10.8. The minimum atomic E-state index is 0.815. The van der Waals surface area contributed by atoms with E-state index in [0.29, 0.717) is 0 Å². The number of hydrogen-bond acceptors (Lipinski definition) is 2. The number of hydrogen-bond donors (Lipinski definition) is 0. The summed E-state index contributed by atoms with van der Waals surface area (Å²) in [5.74, 6) is 0. The number of carbonyl (C=O) groups is 1. The van der Waals surface area contributed by atoms with Crippen LogP contribution in [-0.4, -0.2) is 27.1 Å². The molecule has 3 heteroatoms. The Morgan fingerprint density at radius 2 is 2.00 bits per heavy atom. The SMILES string of the molecule is CC.CN(C)c1ccc2c(c1)N(C=O)CC2. The average molecular weight is 220 g/mol. The van der Waals surface area contributed by atoms with Gasteiger partial charge in [-0.3, -0.25) is 4.79 Å². The van der Waals surface area contributed by atoms with Crippen molar-refractivity contribution in [3.05, 3.63) is 23.8 Å². The van der Waals surface area contributed by atoms with Crippen LogP contribution in [0.5, 0.6) is 0 Å². The zero-order valence-electron chi connectivity index (χ0n) is 10.5. The molecule has 0 N–H and O–H groups in total. The zero-order chi connectivity index (χ0) is 12.1. The summed E-state index contributed by atoms with van der Waals surface area (Å²) in [6, 6.07) is 6.26. The van der Waals surface area contributed by atoms with E-state index in [0.717, 1.165) is 30.8 Å². The summed E-state index contributed by atoms with van der Waals surface area (Å²) in [7, 11) is 4.00. The van der Waals surface area contributed by atoms with Gasteiger partial charge in [-0.2, -0.15) is 0 Å². The number of nitrogens with zero attached hydrogens (tertiary/aromatic N) is 2. The van der Waals surface area contributed by atoms with Gasteiger partial charge in [0.1, 0.15) is 0 Å². The molecule has 1 aliphatic heterocycles. The first-order valence-corrected chi connectivity index (χ1v) is 5.74. The van der Waals surface area contributed by atoms with Gasteiger partial charge >= 0.3 is 0 Å². The lowest BCUT2D eigenvalue weighted by Gasteiger charge is -2.16. The molecule has 1 aromatic rings. The van der Waals surface area contributed by atoms with E-state index in [2.05, 4.69) is 18.2 Å². The lowest BCUT2D eigenvalue weighted by atomic mass is 10.1. The Morgan fingerprint density at radius 1 is 1.31 bits per heavy atom. The van der Waals surface area contributed by atoms with Crippen LogP contribution in [0.15, 0.2) is 18.2 Å². The minimum Gasteiger partial charge on any atom is -0.378 e. The summed E-state index contributed by atoms with van der Waals surface area (Å²) >= 11 is 0. The highest BCUT2D eigenvalue weighted by Gasteiger charge is 2.18. The molecule has 0 saturated heterocycles. The van der Waals surface area contributed by atoms with Crippen molar-refractivity contribution in [1.29, 1.82) is 0 Å². The van der Waals surface area contributed by atoms with E-state index in [1.165, 1.54) is 5.56 Å². The number of anilines is 2. The first-order chi connectivity index (χ1) is 7.72. The van der Waals surface area contributed by atoms with Crippen molar-refractivity contribution in [1.82, 2.24) is 0 Å². The molecule has 3 nitrogen and oxygen atoms in total. The van der Waals surface area contributed by atoms with E-state index in [1.54, 1.807) is 4.90 Å². The summed E-state index contributed by atoms with van der Waals surface area (Å²) in [4.78, 5) is 14.6. The van der Waals surface area contributed by atoms with Crippen LogP contribution in [0.3, 0.4) is 0 Å². The van der Waals surface area contributed by atoms with Crippen LogP contribution in [0.25, 0.3) is 0 Å². The summed E-state index contributed by atoms with van der Waals surface area (Å²) < 4.78 is 0. The summed E-state index contributed by atoms with van der Waals surface area (Å²) in [5.41, 5.74) is 3.46. The van der Waals surface area contributed by atoms with Crippen LogP contribution in [0.2, 0.25) is 0 Å². The molecule has 0 atom stereocenters. The Balaban J connectivity index is 0.000000606. The van der Waals surface area contributed by atoms with Crippen molar-refractivity contribution in [2.45, 2.75) is 20.3 Å². The number of amides is 1. The zero-order valence-corrected chi connectivity index (χ0v) is 10.5. The van der Waals surface area contributed by atoms with Crippen molar-refractivity contribution in [2.24, 2.45) is 0 Å². The van der Waals surface area contributed by atoms with Crippen molar-refractivity contribution < 1.29 is 4.79 Å². The largest absolute Gasteiger partial charge is 0.378 e. The molecular formula is C13H20N2O. The van der Waals surface area contributed by atoms with Gasteiger partial charge in [-0.1, -0.05) is 19.9 Å². The number of rotatable bonds is 2. The summed E-state index contributed by atoms with van der Waals surface area (Å²) in [5, 5.41) is 0. The highest BCUT2D eigenvalue weighted by atomic mass is 16.1. The molecule has 1 aromatic carbocycles. The average Bonchev–Trinajstić information content (AvgIpc) is 2.73. The summed E-state index contributed by atoms with van der Waals surface area (Å²) in [6.45, 7) is 4.82. The fourth-order valence-electron chi connectivity index (χ4n) is 1.78. The molecule has 0 fully saturated rings. The molecule has 0 spiro atoms. The summed E-state index contributed by atoms with van der Waals surface area (Å²) in [6.07, 6.45) is 1.88. The first kappa shape index (κ1) is 12.6. The molecule has 0 aromatic heterocycles. The smallest absolute Gasteiger partial charge is 0.214 e. The normalized spacial score (nSPS) is 12.6. The second-order valence-corrected chi connectivity index (χ2v) is 3.76. The van der Waals surface area contributed by atoms with Gasteiger partial charge in [-0.05, 0) is 24.1 Å². The van der Waals surface area contributed by atoms with Crippen LogP contribution in [-0.2, 0) is 11.2 Å². The minimum absolute atomic E-state index is 0.815. The number of benzene rings is 1. The third-order valence-corrected chi connectivity index (χ3v) is 2.64. The molecule has 88 valence electrons. The van der Waals surface area contributed by atoms with Crippen LogP contribution < -0.4 is 9.80 Å². The van der Waals surface area contributed by atoms with E-state index in [1.807, 2.05) is 32.8 Å². The molecule has 0 radical (unpaired) electrons. The van der Waals surface area contributed by atoms with Crippen molar-refractivity contribution in [3.63, 3.8) is 0 Å². The standard InChI is InChI=1S/C11H14N2O.C2H6/c1-12(2)10-4-3-9-5-6-13(8-14)11(9)7-10;1-2/h3-4,7-8H,5-6H2,1-2H3;1-2H3. The number of carbonyl (C=O) groups excluding carboxylic acids is 1. The van der Waals surface area contributed by atoms with E-state index >= 15 is 0 Å². The van der Waals surface area contributed by atoms with Gasteiger partial charge in [-0.25, -0.2) is 0 Å². The molecule has 0 unspecified atom stereocenters. The van der Waals surface area contributed by atoms with Gasteiger partial charge in [-0.15, -0.1) is 0 Å². The van der Waals surface area contributed by atoms with Gasteiger partial charge in [0.15, 0.2) is 0 Å². The quantitative estimate of drug-likeness (QED) is 0.714. The van der Waals surface area contributed by atoms with Gasteiger partial charge in [0.05, 0.1) is 0 Å². The Morgan fingerprint density at radius 3 is 2.56 bits per heavy atom. The second kappa shape index (κ2) is 5.54. The molecule has 1 aliphatic rings. The van der Waals surface area contributed by atoms with Crippen LogP contribution in [0.1, 0.15) is 19.4 Å². The van der Waals surface area contributed by atoms with Gasteiger partial charge in [0, 0.05) is 32.0 Å². The van der Waals surface area contributed by atoms with Crippen LogP contribution in [0.4, 0.5) is 11.4 Å². The Hall–Kier alpha value is -1.51. The predicted molar refractivity (Wildman–Crippen MR) is 69.2 cm³/mol. The highest BCUT2D eigenvalue weighted by molar-refractivity contribution is 5.81. The number of fused-ring (bicyclic) bond motifs is 1. The molecule has 1 amide bonds. The molecule has 0 aliphatic carbocycles. The molecular weight excluding hydrogens is 200 g/mol. The lowest BCUT2D eigenvalue weighted by Crippen LogP contribution is -2.17. The third-order valence-electron chi connectivity index (χ3n) is 2.64. The molecule has 16 heavy (non-hydrogen) atoms. The highest BCUT2D eigenvalue weighted by Crippen LogP contribution is 2.30.